The molecule has 1 atom stereocenters. The van der Waals surface area contributed by atoms with Crippen LogP contribution < -0.4 is 19.7 Å². The molecular formula is C31H28Cl2N4O6S. The number of nitrogens with one attached hydrogen (secondary N) is 1. The topological polar surface area (TPSA) is 120 Å². The smallest absolute Gasteiger partial charge is 0.280 e. The van der Waals surface area contributed by atoms with Crippen LogP contribution in [0.4, 0.5) is 11.4 Å². The zero-order valence-corrected chi connectivity index (χ0v) is 26.5. The highest BCUT2D eigenvalue weighted by Crippen LogP contribution is 2.56. The quantitative estimate of drug-likeness (QED) is 0.263. The lowest BCUT2D eigenvalue weighted by molar-refractivity contribution is -0.119. The zero-order valence-electron chi connectivity index (χ0n) is 24.2. The minimum absolute atomic E-state index is 0.0691. The van der Waals surface area contributed by atoms with Crippen molar-refractivity contribution >= 4 is 56.2 Å². The first-order chi connectivity index (χ1) is 20.9. The van der Waals surface area contributed by atoms with Crippen LogP contribution in [0.1, 0.15) is 47.1 Å². The Morgan fingerprint density at radius 2 is 1.68 bits per heavy atom. The maximum Gasteiger partial charge on any atom is 0.280 e. The highest BCUT2D eigenvalue weighted by Gasteiger charge is 2.64. The molecule has 0 radical (unpaired) electrons. The Balaban J connectivity index is 1.66. The van der Waals surface area contributed by atoms with Gasteiger partial charge in [-0.15, -0.1) is 0 Å². The first kappa shape index (κ1) is 30.0. The molecule has 10 nitrogen and oxygen atoms in total. The molecule has 44 heavy (non-hydrogen) atoms. The first-order valence-electron chi connectivity index (χ1n) is 13.7. The Kier molecular flexibility index (Phi) is 7.38. The molecule has 2 aliphatic heterocycles. The van der Waals surface area contributed by atoms with Crippen LogP contribution in [-0.4, -0.2) is 55.7 Å². The van der Waals surface area contributed by atoms with Crippen LogP contribution in [0.3, 0.4) is 0 Å². The molecule has 0 aliphatic carbocycles. The van der Waals surface area contributed by atoms with Gasteiger partial charge in [0.15, 0.2) is 21.1 Å². The molecule has 4 aromatic rings. The van der Waals surface area contributed by atoms with E-state index in [1.807, 2.05) is 32.0 Å². The van der Waals surface area contributed by atoms with Gasteiger partial charge in [0.1, 0.15) is 23.8 Å². The maximum absolute atomic E-state index is 14.7. The van der Waals surface area contributed by atoms with E-state index < -0.39 is 27.2 Å². The number of carbonyl (C=O) groups is 2. The molecule has 228 valence electrons. The Morgan fingerprint density at radius 3 is 2.39 bits per heavy atom. The lowest BCUT2D eigenvalue weighted by Gasteiger charge is -2.36. The SMILES string of the molecule is COc1ccccc1-n1nc2c(c1C(C)C)C1(C(=O)Nc3cc(Cl)ccc31)N(c1cc(Cl)ccc1OCCS(C)(=O)=O)C2=O. The van der Waals surface area contributed by atoms with E-state index in [1.54, 1.807) is 48.2 Å². The Labute approximate surface area is 264 Å². The van der Waals surface area contributed by atoms with Crippen molar-refractivity contribution in [1.82, 2.24) is 9.78 Å². The molecule has 0 saturated heterocycles. The third-order valence-electron chi connectivity index (χ3n) is 7.71. The van der Waals surface area contributed by atoms with Gasteiger partial charge in [0.05, 0.1) is 24.2 Å². The fourth-order valence-corrected chi connectivity index (χ4v) is 6.67. The minimum Gasteiger partial charge on any atom is -0.494 e. The molecule has 1 spiro atoms. The number of aromatic nitrogens is 2. The van der Waals surface area contributed by atoms with Gasteiger partial charge in [0.2, 0.25) is 0 Å². The summed E-state index contributed by atoms with van der Waals surface area (Å²) in [6, 6.07) is 16.9. The Morgan fingerprint density at radius 1 is 0.977 bits per heavy atom. The number of ether oxygens (including phenoxy) is 2. The number of benzene rings is 3. The fraction of sp³-hybridized carbons (Fsp3) is 0.258. The number of para-hydroxylation sites is 2. The predicted octanol–water partition coefficient (Wildman–Crippen LogP) is 5.59. The van der Waals surface area contributed by atoms with Gasteiger partial charge in [-0.25, -0.2) is 13.1 Å². The van der Waals surface area contributed by atoms with Crippen LogP contribution in [0.25, 0.3) is 5.69 Å². The highest BCUT2D eigenvalue weighted by atomic mass is 35.5. The number of hydrogen-bond donors (Lipinski definition) is 1. The molecule has 3 heterocycles. The fourth-order valence-electron chi connectivity index (χ4n) is 5.95. The second-order valence-corrected chi connectivity index (χ2v) is 14.1. The van der Waals surface area contributed by atoms with Gasteiger partial charge >= 0.3 is 0 Å². The molecule has 2 aliphatic rings. The summed E-state index contributed by atoms with van der Waals surface area (Å²) in [6.07, 6.45) is 1.11. The lowest BCUT2D eigenvalue weighted by Crippen LogP contribution is -2.51. The van der Waals surface area contributed by atoms with Gasteiger partial charge in [-0.2, -0.15) is 5.10 Å². The summed E-state index contributed by atoms with van der Waals surface area (Å²) < 4.78 is 36.9. The normalized spacial score (nSPS) is 17.3. The van der Waals surface area contributed by atoms with E-state index in [-0.39, 0.29) is 40.4 Å². The summed E-state index contributed by atoms with van der Waals surface area (Å²) in [4.78, 5) is 30.5. The number of amides is 2. The highest BCUT2D eigenvalue weighted by molar-refractivity contribution is 7.90. The van der Waals surface area contributed by atoms with Gasteiger partial charge in [0, 0.05) is 33.1 Å². The van der Waals surface area contributed by atoms with Crippen molar-refractivity contribution in [1.29, 1.82) is 0 Å². The van der Waals surface area contributed by atoms with E-state index >= 15 is 0 Å². The third kappa shape index (κ3) is 4.61. The summed E-state index contributed by atoms with van der Waals surface area (Å²) in [5.41, 5.74) is 1.09. The molecular weight excluding hydrogens is 627 g/mol. The number of nitrogens with zero attached hydrogens (tertiary/aromatic N) is 3. The molecule has 1 N–H and O–H groups in total. The average Bonchev–Trinajstić information content (AvgIpc) is 3.57. The zero-order chi connectivity index (χ0) is 31.6. The van der Waals surface area contributed by atoms with Gasteiger partial charge in [-0.05, 0) is 48.4 Å². The van der Waals surface area contributed by atoms with Gasteiger partial charge in [0.25, 0.3) is 11.8 Å². The monoisotopic (exact) mass is 654 g/mol. The standard InChI is InChI=1S/C31H28Cl2N4O6S/c1-17(2)28-26-27(35-37(28)22-7-5-6-8-24(22)42-3)29(38)36(31(26)20-11-9-18(32)15-21(20)34-30(31)39)23-16-19(33)10-12-25(23)43-13-14-44(4,40)41/h5-12,15-17H,13-14H2,1-4H3,(H,34,39). The van der Waals surface area contributed by atoms with Crippen molar-refractivity contribution in [3.05, 3.63) is 93.2 Å². The first-order valence-corrected chi connectivity index (χ1v) is 16.5. The predicted molar refractivity (Wildman–Crippen MR) is 169 cm³/mol. The largest absolute Gasteiger partial charge is 0.494 e. The summed E-state index contributed by atoms with van der Waals surface area (Å²) in [5.74, 6) is -0.814. The number of halogens is 2. The number of methoxy groups -OCH3 is 1. The number of fused-ring (bicyclic) bond motifs is 4. The molecule has 0 saturated carbocycles. The lowest BCUT2D eigenvalue weighted by atomic mass is 9.81. The maximum atomic E-state index is 14.7. The summed E-state index contributed by atoms with van der Waals surface area (Å²) in [5, 5.41) is 8.44. The number of hydrogen-bond acceptors (Lipinski definition) is 7. The van der Waals surface area contributed by atoms with Crippen LogP contribution in [0.2, 0.25) is 10.0 Å². The van der Waals surface area contributed by atoms with Gasteiger partial charge in [-0.1, -0.05) is 55.2 Å². The molecule has 1 aromatic heterocycles. The van der Waals surface area contributed by atoms with Crippen molar-refractivity contribution in [2.75, 3.05) is 35.9 Å². The molecule has 0 fully saturated rings. The number of carbonyl (C=O) groups excluding carboxylic acids is 2. The van der Waals surface area contributed by atoms with Gasteiger partial charge < -0.3 is 14.8 Å². The summed E-state index contributed by atoms with van der Waals surface area (Å²) >= 11 is 12.8. The number of anilines is 2. The molecule has 13 heteroatoms. The molecule has 3 aromatic carbocycles. The van der Waals surface area contributed by atoms with E-state index in [2.05, 4.69) is 5.32 Å². The molecule has 6 rings (SSSR count). The van der Waals surface area contributed by atoms with Crippen molar-refractivity contribution in [3.63, 3.8) is 0 Å². The van der Waals surface area contributed by atoms with E-state index in [4.69, 9.17) is 37.8 Å². The van der Waals surface area contributed by atoms with Crippen LogP contribution in [0.5, 0.6) is 11.5 Å². The van der Waals surface area contributed by atoms with Crippen molar-refractivity contribution in [2.24, 2.45) is 0 Å². The van der Waals surface area contributed by atoms with Crippen molar-refractivity contribution < 1.29 is 27.5 Å². The van der Waals surface area contributed by atoms with E-state index in [0.717, 1.165) is 6.26 Å². The second-order valence-electron chi connectivity index (χ2n) is 10.9. The Hall–Kier alpha value is -4.06. The van der Waals surface area contributed by atoms with Crippen LogP contribution in [0.15, 0.2) is 60.7 Å². The second kappa shape index (κ2) is 10.8. The number of sulfone groups is 1. The Bertz CT molecular complexity index is 1960. The van der Waals surface area contributed by atoms with Crippen LogP contribution >= 0.6 is 23.2 Å². The minimum atomic E-state index is -3.34. The van der Waals surface area contributed by atoms with Crippen molar-refractivity contribution in [3.8, 4) is 17.2 Å². The van der Waals surface area contributed by atoms with Crippen molar-refractivity contribution in [2.45, 2.75) is 25.3 Å². The van der Waals surface area contributed by atoms with E-state index in [0.29, 0.717) is 39.0 Å². The van der Waals surface area contributed by atoms with Gasteiger partial charge in [-0.3, -0.25) is 14.5 Å². The van der Waals surface area contributed by atoms with Crippen LogP contribution in [-0.2, 0) is 20.2 Å². The molecule has 0 bridgehead atoms. The van der Waals surface area contributed by atoms with Crippen LogP contribution in [0, 0.1) is 0 Å². The number of rotatable bonds is 8. The average molecular weight is 656 g/mol. The molecule has 2 amide bonds. The van der Waals surface area contributed by atoms with E-state index in [9.17, 15) is 18.0 Å². The summed E-state index contributed by atoms with van der Waals surface area (Å²) in [6.45, 7) is 3.74. The molecule has 1 unspecified atom stereocenters. The summed E-state index contributed by atoms with van der Waals surface area (Å²) in [7, 11) is -1.79. The third-order valence-corrected chi connectivity index (χ3v) is 9.08. The van der Waals surface area contributed by atoms with E-state index in [1.165, 1.54) is 11.0 Å².